The number of nitrogens with one attached hydrogen (secondary N) is 1. The first-order valence-electron chi connectivity index (χ1n) is 6.62. The molecule has 20 heavy (non-hydrogen) atoms. The number of likely N-dealkylation sites (N-methyl/N-ethyl adjacent to an activating group) is 1. The molecule has 0 radical (unpaired) electrons. The van der Waals surface area contributed by atoms with Gasteiger partial charge in [-0.1, -0.05) is 11.6 Å². The maximum Gasteiger partial charge on any atom is 0.239 e. The zero-order chi connectivity index (χ0) is 14.5. The molecular formula is C13H19ClN4O2. The Balaban J connectivity index is 2.12. The van der Waals surface area contributed by atoms with E-state index in [1.165, 1.54) is 0 Å². The first-order chi connectivity index (χ1) is 9.61. The van der Waals surface area contributed by atoms with Gasteiger partial charge in [0.15, 0.2) is 0 Å². The van der Waals surface area contributed by atoms with Crippen LogP contribution >= 0.6 is 11.6 Å². The zero-order valence-corrected chi connectivity index (χ0v) is 12.2. The lowest BCUT2D eigenvalue weighted by molar-refractivity contribution is -0.132. The Kier molecular flexibility index (Phi) is 5.17. The van der Waals surface area contributed by atoms with Gasteiger partial charge in [-0.25, -0.2) is 4.98 Å². The second-order valence-corrected chi connectivity index (χ2v) is 5.03. The largest absolute Gasteiger partial charge is 0.384 e. The molecule has 7 heteroatoms. The molecule has 1 unspecified atom stereocenters. The number of hydrogen-bond donors (Lipinski definition) is 2. The molecule has 110 valence electrons. The lowest BCUT2D eigenvalue weighted by atomic mass is 10.2. The molecule has 1 amide bonds. The van der Waals surface area contributed by atoms with Crippen molar-refractivity contribution in [3.05, 3.63) is 22.8 Å². The second-order valence-electron chi connectivity index (χ2n) is 4.62. The minimum atomic E-state index is -0.317. The summed E-state index contributed by atoms with van der Waals surface area (Å²) in [5.41, 5.74) is 6.37. The van der Waals surface area contributed by atoms with Gasteiger partial charge < -0.3 is 15.8 Å². The van der Waals surface area contributed by atoms with Crippen molar-refractivity contribution in [2.45, 2.75) is 19.5 Å². The highest BCUT2D eigenvalue weighted by molar-refractivity contribution is 6.31. The number of carbonyl (C=O) groups excluding carboxylic acids is 1. The number of anilines is 1. The number of pyridine rings is 1. The van der Waals surface area contributed by atoms with Gasteiger partial charge in [0, 0.05) is 19.6 Å². The molecule has 1 aliphatic heterocycles. The minimum Gasteiger partial charge on any atom is -0.384 e. The second kappa shape index (κ2) is 6.88. The van der Waals surface area contributed by atoms with Gasteiger partial charge in [0.2, 0.25) is 5.91 Å². The summed E-state index contributed by atoms with van der Waals surface area (Å²) in [7, 11) is 0. The number of nitrogens with zero attached hydrogens (tertiary/aromatic N) is 2. The van der Waals surface area contributed by atoms with Gasteiger partial charge in [-0.15, -0.1) is 0 Å². The van der Waals surface area contributed by atoms with Crippen LogP contribution in [-0.4, -0.2) is 48.1 Å². The van der Waals surface area contributed by atoms with Crippen LogP contribution in [0.2, 0.25) is 5.02 Å². The molecular weight excluding hydrogens is 280 g/mol. The van der Waals surface area contributed by atoms with Crippen molar-refractivity contribution in [1.82, 2.24) is 15.2 Å². The van der Waals surface area contributed by atoms with E-state index >= 15 is 0 Å². The Hall–Kier alpha value is -1.37. The standard InChI is InChI=1S/C13H19ClN4O2/c1-2-16-13(19)11-8-20-6-5-18(11)7-10-9(14)3-4-12(15)17-10/h3-4,11H,2,5-8H2,1H3,(H2,15,17)(H,16,19). The molecule has 1 aromatic heterocycles. The molecule has 1 fully saturated rings. The highest BCUT2D eigenvalue weighted by Gasteiger charge is 2.29. The predicted molar refractivity (Wildman–Crippen MR) is 77.4 cm³/mol. The Morgan fingerprint density at radius 2 is 2.45 bits per heavy atom. The number of nitrogens with two attached hydrogens (primary N) is 1. The van der Waals surface area contributed by atoms with Crippen LogP contribution in [0.3, 0.4) is 0 Å². The summed E-state index contributed by atoms with van der Waals surface area (Å²) in [6, 6.07) is 3.07. The average Bonchev–Trinajstić information content (AvgIpc) is 2.44. The molecule has 2 rings (SSSR count). The summed E-state index contributed by atoms with van der Waals surface area (Å²) in [5.74, 6) is 0.388. The first kappa shape index (κ1) is 15.0. The molecule has 1 saturated heterocycles. The van der Waals surface area contributed by atoms with Gasteiger partial charge in [-0.2, -0.15) is 0 Å². The molecule has 1 aromatic rings. The van der Waals surface area contributed by atoms with E-state index in [4.69, 9.17) is 22.1 Å². The number of ether oxygens (including phenoxy) is 1. The zero-order valence-electron chi connectivity index (χ0n) is 11.4. The summed E-state index contributed by atoms with van der Waals surface area (Å²) in [5, 5.41) is 3.37. The maximum absolute atomic E-state index is 12.0. The van der Waals surface area contributed by atoms with E-state index in [9.17, 15) is 4.79 Å². The van der Waals surface area contributed by atoms with Crippen molar-refractivity contribution in [2.75, 3.05) is 32.0 Å². The molecule has 1 atom stereocenters. The molecule has 3 N–H and O–H groups in total. The number of amides is 1. The molecule has 0 saturated carbocycles. The molecule has 1 aliphatic rings. The molecule has 0 spiro atoms. The van der Waals surface area contributed by atoms with E-state index in [2.05, 4.69) is 10.3 Å². The summed E-state index contributed by atoms with van der Waals surface area (Å²) in [6.45, 7) is 4.61. The van der Waals surface area contributed by atoms with Crippen LogP contribution in [0.4, 0.5) is 5.82 Å². The summed E-state index contributed by atoms with van der Waals surface area (Å²) < 4.78 is 5.39. The number of aromatic nitrogens is 1. The fraction of sp³-hybridized carbons (Fsp3) is 0.538. The number of nitrogen functional groups attached to an aromatic ring is 1. The van der Waals surface area contributed by atoms with Crippen molar-refractivity contribution in [2.24, 2.45) is 0 Å². The highest BCUT2D eigenvalue weighted by atomic mass is 35.5. The quantitative estimate of drug-likeness (QED) is 0.853. The highest BCUT2D eigenvalue weighted by Crippen LogP contribution is 2.19. The topological polar surface area (TPSA) is 80.5 Å². The van der Waals surface area contributed by atoms with Gasteiger partial charge in [0.05, 0.1) is 23.9 Å². The van der Waals surface area contributed by atoms with Gasteiger partial charge in [-0.3, -0.25) is 9.69 Å². The maximum atomic E-state index is 12.0. The lowest BCUT2D eigenvalue weighted by Gasteiger charge is -2.34. The molecule has 6 nitrogen and oxygen atoms in total. The number of carbonyl (C=O) groups is 1. The third-order valence-electron chi connectivity index (χ3n) is 3.19. The van der Waals surface area contributed by atoms with E-state index in [-0.39, 0.29) is 11.9 Å². The van der Waals surface area contributed by atoms with Crippen LogP contribution in [0.15, 0.2) is 12.1 Å². The van der Waals surface area contributed by atoms with Crippen molar-refractivity contribution in [1.29, 1.82) is 0 Å². The van der Waals surface area contributed by atoms with E-state index in [1.807, 2.05) is 11.8 Å². The normalized spacial score (nSPS) is 19.8. The SMILES string of the molecule is CCNC(=O)C1COCCN1Cc1nc(N)ccc1Cl. The van der Waals surface area contributed by atoms with E-state index < -0.39 is 0 Å². The number of hydrogen-bond acceptors (Lipinski definition) is 5. The Morgan fingerprint density at radius 3 is 3.20 bits per heavy atom. The van der Waals surface area contributed by atoms with Crippen LogP contribution in [0, 0.1) is 0 Å². The third-order valence-corrected chi connectivity index (χ3v) is 3.53. The van der Waals surface area contributed by atoms with Gasteiger partial charge in [0.25, 0.3) is 0 Å². The monoisotopic (exact) mass is 298 g/mol. The average molecular weight is 299 g/mol. The predicted octanol–water partition coefficient (Wildman–Crippen LogP) is 0.654. The molecule has 0 aliphatic carbocycles. The van der Waals surface area contributed by atoms with E-state index in [0.717, 1.165) is 0 Å². The van der Waals surface area contributed by atoms with Gasteiger partial charge >= 0.3 is 0 Å². The number of rotatable bonds is 4. The van der Waals surface area contributed by atoms with Crippen molar-refractivity contribution in [3.8, 4) is 0 Å². The Labute approximate surface area is 123 Å². The smallest absolute Gasteiger partial charge is 0.239 e. The minimum absolute atomic E-state index is 0.0350. The number of halogens is 1. The van der Waals surface area contributed by atoms with Gasteiger partial charge in [0.1, 0.15) is 11.9 Å². The fourth-order valence-electron chi connectivity index (χ4n) is 2.17. The number of morpholine rings is 1. The summed E-state index contributed by atoms with van der Waals surface area (Å²) in [6.07, 6.45) is 0. The molecule has 0 bridgehead atoms. The van der Waals surface area contributed by atoms with Crippen LogP contribution in [0.25, 0.3) is 0 Å². The molecule has 2 heterocycles. The van der Waals surface area contributed by atoms with Crippen LogP contribution in [0.5, 0.6) is 0 Å². The Bertz CT molecular complexity index is 483. The lowest BCUT2D eigenvalue weighted by Crippen LogP contribution is -2.53. The van der Waals surface area contributed by atoms with Crippen LogP contribution in [0.1, 0.15) is 12.6 Å². The van der Waals surface area contributed by atoms with Gasteiger partial charge in [-0.05, 0) is 19.1 Å². The summed E-state index contributed by atoms with van der Waals surface area (Å²) in [4.78, 5) is 18.3. The molecule has 0 aromatic carbocycles. The van der Waals surface area contributed by atoms with Crippen molar-refractivity contribution in [3.63, 3.8) is 0 Å². The van der Waals surface area contributed by atoms with Crippen molar-refractivity contribution < 1.29 is 9.53 Å². The fourth-order valence-corrected chi connectivity index (χ4v) is 2.33. The van der Waals surface area contributed by atoms with Crippen LogP contribution in [-0.2, 0) is 16.1 Å². The Morgan fingerprint density at radius 1 is 1.65 bits per heavy atom. The first-order valence-corrected chi connectivity index (χ1v) is 7.00. The van der Waals surface area contributed by atoms with Crippen LogP contribution < -0.4 is 11.1 Å². The van der Waals surface area contributed by atoms with E-state index in [0.29, 0.717) is 49.4 Å². The van der Waals surface area contributed by atoms with Crippen molar-refractivity contribution >= 4 is 23.3 Å². The summed E-state index contributed by atoms with van der Waals surface area (Å²) >= 11 is 6.13. The third kappa shape index (κ3) is 3.59. The van der Waals surface area contributed by atoms with E-state index in [1.54, 1.807) is 12.1 Å².